The van der Waals surface area contributed by atoms with Gasteiger partial charge in [-0.1, -0.05) is 24.3 Å². The molecule has 150 valence electrons. The van der Waals surface area contributed by atoms with E-state index < -0.39 is 24.6 Å². The second-order valence-electron chi connectivity index (χ2n) is 6.31. The van der Waals surface area contributed by atoms with Crippen LogP contribution in [0.3, 0.4) is 0 Å². The Kier molecular flexibility index (Phi) is 8.30. The van der Waals surface area contributed by atoms with Crippen molar-refractivity contribution in [3.05, 3.63) is 59.7 Å². The number of aliphatic hydroxyl groups excluding tert-OH is 1. The van der Waals surface area contributed by atoms with Gasteiger partial charge in [0.15, 0.2) is 6.10 Å². The molecule has 0 bridgehead atoms. The van der Waals surface area contributed by atoms with Crippen LogP contribution in [0.2, 0.25) is 0 Å². The average Bonchev–Trinajstić information content (AvgIpc) is 2.70. The number of aliphatic hydroxyl groups is 1. The molecule has 0 radical (unpaired) electrons. The van der Waals surface area contributed by atoms with Gasteiger partial charge in [0.25, 0.3) is 0 Å². The maximum Gasteiger partial charge on any atom is 0.306 e. The smallest absolute Gasteiger partial charge is 0.306 e. The highest BCUT2D eigenvalue weighted by Crippen LogP contribution is 2.13. The van der Waals surface area contributed by atoms with E-state index in [9.17, 15) is 24.9 Å². The van der Waals surface area contributed by atoms with Gasteiger partial charge in [0.1, 0.15) is 18.1 Å². The number of phenols is 2. The SMILES string of the molecule is O=C(CCc1ccc(O)cc1)OC[C@H](CO)OC(=O)CCc1ccc(O)cc1. The summed E-state index contributed by atoms with van der Waals surface area (Å²) in [6, 6.07) is 13.0. The predicted octanol–water partition coefficient (Wildman–Crippen LogP) is 2.11. The summed E-state index contributed by atoms with van der Waals surface area (Å²) in [5.74, 6) is -0.665. The van der Waals surface area contributed by atoms with Crippen LogP contribution in [0.4, 0.5) is 0 Å². The Bertz CT molecular complexity index is 753. The molecule has 2 aromatic rings. The summed E-state index contributed by atoms with van der Waals surface area (Å²) in [7, 11) is 0. The fraction of sp³-hybridized carbons (Fsp3) is 0.333. The second kappa shape index (κ2) is 10.9. The Balaban J connectivity index is 1.67. The molecule has 0 saturated heterocycles. The number of benzene rings is 2. The number of aryl methyl sites for hydroxylation is 2. The van der Waals surface area contributed by atoms with Gasteiger partial charge in [-0.2, -0.15) is 0 Å². The first kappa shape index (κ1) is 21.2. The highest BCUT2D eigenvalue weighted by molar-refractivity contribution is 5.70. The zero-order valence-electron chi connectivity index (χ0n) is 15.4. The van der Waals surface area contributed by atoms with Crippen LogP contribution in [0.5, 0.6) is 11.5 Å². The van der Waals surface area contributed by atoms with E-state index in [4.69, 9.17) is 9.47 Å². The standard InChI is InChI=1S/C21H24O7/c22-13-19(28-21(26)12-6-16-3-9-18(24)10-4-16)14-27-20(25)11-5-15-1-7-17(23)8-2-15/h1-4,7-10,19,22-24H,5-6,11-14H2/t19-/m0/s1. The van der Waals surface area contributed by atoms with Gasteiger partial charge in [-0.05, 0) is 48.2 Å². The van der Waals surface area contributed by atoms with Gasteiger partial charge in [0.05, 0.1) is 6.61 Å². The Labute approximate surface area is 163 Å². The third-order valence-electron chi connectivity index (χ3n) is 4.04. The van der Waals surface area contributed by atoms with Crippen molar-refractivity contribution in [2.45, 2.75) is 31.8 Å². The van der Waals surface area contributed by atoms with Crippen LogP contribution in [0.1, 0.15) is 24.0 Å². The van der Waals surface area contributed by atoms with E-state index in [1.165, 1.54) is 12.1 Å². The van der Waals surface area contributed by atoms with Crippen molar-refractivity contribution in [1.82, 2.24) is 0 Å². The van der Waals surface area contributed by atoms with Gasteiger partial charge in [-0.3, -0.25) is 9.59 Å². The Morgan fingerprint density at radius 1 is 0.786 bits per heavy atom. The van der Waals surface area contributed by atoms with Crippen molar-refractivity contribution in [2.75, 3.05) is 13.2 Å². The molecular formula is C21H24O7. The van der Waals surface area contributed by atoms with E-state index in [1.54, 1.807) is 36.4 Å². The van der Waals surface area contributed by atoms with Gasteiger partial charge in [-0.15, -0.1) is 0 Å². The maximum absolute atomic E-state index is 11.9. The summed E-state index contributed by atoms with van der Waals surface area (Å²) in [6.07, 6.45) is 0.220. The van der Waals surface area contributed by atoms with Crippen molar-refractivity contribution in [1.29, 1.82) is 0 Å². The molecular weight excluding hydrogens is 364 g/mol. The number of esters is 2. The molecule has 0 spiro atoms. The molecule has 0 aromatic heterocycles. The summed E-state index contributed by atoms with van der Waals surface area (Å²) in [5.41, 5.74) is 1.75. The molecule has 0 aliphatic rings. The largest absolute Gasteiger partial charge is 0.508 e. The minimum atomic E-state index is -0.912. The van der Waals surface area contributed by atoms with Crippen LogP contribution in [0.15, 0.2) is 48.5 Å². The zero-order chi connectivity index (χ0) is 20.4. The average molecular weight is 388 g/mol. The van der Waals surface area contributed by atoms with Gasteiger partial charge in [0.2, 0.25) is 0 Å². The van der Waals surface area contributed by atoms with E-state index in [2.05, 4.69) is 0 Å². The van der Waals surface area contributed by atoms with Crippen LogP contribution >= 0.6 is 0 Å². The number of carbonyl (C=O) groups is 2. The van der Waals surface area contributed by atoms with Crippen LogP contribution in [0.25, 0.3) is 0 Å². The highest BCUT2D eigenvalue weighted by Gasteiger charge is 2.16. The first-order valence-corrected chi connectivity index (χ1v) is 8.98. The number of aromatic hydroxyl groups is 2. The van der Waals surface area contributed by atoms with E-state index in [0.717, 1.165) is 11.1 Å². The second-order valence-corrected chi connectivity index (χ2v) is 6.31. The molecule has 0 heterocycles. The molecule has 0 fully saturated rings. The molecule has 3 N–H and O–H groups in total. The number of rotatable bonds is 10. The minimum absolute atomic E-state index is 0.107. The summed E-state index contributed by atoms with van der Waals surface area (Å²) >= 11 is 0. The van der Waals surface area contributed by atoms with Crippen LogP contribution in [-0.2, 0) is 31.9 Å². The number of hydrogen-bond donors (Lipinski definition) is 3. The monoisotopic (exact) mass is 388 g/mol. The molecule has 7 nitrogen and oxygen atoms in total. The first-order chi connectivity index (χ1) is 13.5. The highest BCUT2D eigenvalue weighted by atomic mass is 16.6. The minimum Gasteiger partial charge on any atom is -0.508 e. The maximum atomic E-state index is 11.9. The number of ether oxygens (including phenoxy) is 2. The lowest BCUT2D eigenvalue weighted by molar-refractivity contribution is -0.161. The number of hydrogen-bond acceptors (Lipinski definition) is 7. The van der Waals surface area contributed by atoms with Crippen molar-refractivity contribution < 1.29 is 34.4 Å². The molecule has 0 amide bonds. The number of carbonyl (C=O) groups excluding carboxylic acids is 2. The molecule has 0 aliphatic heterocycles. The lowest BCUT2D eigenvalue weighted by Gasteiger charge is -2.16. The lowest BCUT2D eigenvalue weighted by atomic mass is 10.1. The fourth-order valence-electron chi connectivity index (χ4n) is 2.44. The molecule has 1 atom stereocenters. The van der Waals surface area contributed by atoms with Crippen LogP contribution in [-0.4, -0.2) is 46.6 Å². The molecule has 7 heteroatoms. The van der Waals surface area contributed by atoms with Gasteiger partial charge < -0.3 is 24.8 Å². The van der Waals surface area contributed by atoms with Crippen molar-refractivity contribution in [2.24, 2.45) is 0 Å². The van der Waals surface area contributed by atoms with Crippen molar-refractivity contribution >= 4 is 11.9 Å². The van der Waals surface area contributed by atoms with E-state index in [0.29, 0.717) is 12.8 Å². The summed E-state index contributed by atoms with van der Waals surface area (Å²) in [4.78, 5) is 23.7. The predicted molar refractivity (Wildman–Crippen MR) is 101 cm³/mol. The molecule has 0 saturated carbocycles. The molecule has 2 rings (SSSR count). The quantitative estimate of drug-likeness (QED) is 0.534. The van der Waals surface area contributed by atoms with E-state index >= 15 is 0 Å². The number of phenolic OH excluding ortho intramolecular Hbond substituents is 2. The summed E-state index contributed by atoms with van der Waals surface area (Å²) < 4.78 is 10.2. The van der Waals surface area contributed by atoms with Crippen molar-refractivity contribution in [3.8, 4) is 11.5 Å². The van der Waals surface area contributed by atoms with Crippen molar-refractivity contribution in [3.63, 3.8) is 0 Å². The third kappa shape index (κ3) is 7.67. The Hall–Kier alpha value is -3.06. The first-order valence-electron chi connectivity index (χ1n) is 8.98. The van der Waals surface area contributed by atoms with Gasteiger partial charge >= 0.3 is 11.9 Å². The van der Waals surface area contributed by atoms with E-state index in [1.807, 2.05) is 0 Å². The van der Waals surface area contributed by atoms with Gasteiger partial charge in [-0.25, -0.2) is 0 Å². The third-order valence-corrected chi connectivity index (χ3v) is 4.04. The lowest BCUT2D eigenvalue weighted by Crippen LogP contribution is -2.28. The van der Waals surface area contributed by atoms with E-state index in [-0.39, 0.29) is 30.9 Å². The zero-order valence-corrected chi connectivity index (χ0v) is 15.4. The topological polar surface area (TPSA) is 113 Å². The normalized spacial score (nSPS) is 11.6. The summed E-state index contributed by atoms with van der Waals surface area (Å²) in [5, 5.41) is 27.8. The molecule has 0 unspecified atom stereocenters. The summed E-state index contributed by atoms with van der Waals surface area (Å²) in [6.45, 7) is -0.661. The molecule has 28 heavy (non-hydrogen) atoms. The molecule has 0 aliphatic carbocycles. The van der Waals surface area contributed by atoms with Crippen LogP contribution < -0.4 is 0 Å². The van der Waals surface area contributed by atoms with Gasteiger partial charge in [0, 0.05) is 12.8 Å². The Morgan fingerprint density at radius 2 is 1.25 bits per heavy atom. The fourth-order valence-corrected chi connectivity index (χ4v) is 2.44. The Morgan fingerprint density at radius 3 is 1.71 bits per heavy atom. The molecule has 2 aromatic carbocycles. The van der Waals surface area contributed by atoms with Crippen LogP contribution in [0, 0.1) is 0 Å².